The van der Waals surface area contributed by atoms with Gasteiger partial charge in [-0.05, 0) is 30.7 Å². The van der Waals surface area contributed by atoms with Crippen LogP contribution in [0.1, 0.15) is 18.1 Å². The van der Waals surface area contributed by atoms with Crippen molar-refractivity contribution in [3.05, 3.63) is 58.6 Å². The van der Waals surface area contributed by atoms with Gasteiger partial charge in [-0.15, -0.1) is 0 Å². The van der Waals surface area contributed by atoms with Gasteiger partial charge in [0.15, 0.2) is 0 Å². The lowest BCUT2D eigenvalue weighted by atomic mass is 10.2. The molecular formula is C19H22ClFN4O. The summed E-state index contributed by atoms with van der Waals surface area (Å²) in [5.41, 5.74) is 1.82. The van der Waals surface area contributed by atoms with E-state index < -0.39 is 0 Å². The van der Waals surface area contributed by atoms with Crippen LogP contribution in [0.15, 0.2) is 36.7 Å². The molecule has 2 heterocycles. The Morgan fingerprint density at radius 1 is 1.31 bits per heavy atom. The summed E-state index contributed by atoms with van der Waals surface area (Å²) in [6.07, 6.45) is 7.06. The molecule has 26 heavy (non-hydrogen) atoms. The Morgan fingerprint density at radius 2 is 2.08 bits per heavy atom. The highest BCUT2D eigenvalue weighted by atomic mass is 35.5. The van der Waals surface area contributed by atoms with Crippen LogP contribution < -0.4 is 0 Å². The summed E-state index contributed by atoms with van der Waals surface area (Å²) in [6, 6.07) is 4.48. The summed E-state index contributed by atoms with van der Waals surface area (Å²) in [5, 5.41) is 4.63. The van der Waals surface area contributed by atoms with Gasteiger partial charge in [-0.3, -0.25) is 14.4 Å². The van der Waals surface area contributed by atoms with Gasteiger partial charge in [0.1, 0.15) is 5.82 Å². The van der Waals surface area contributed by atoms with Gasteiger partial charge in [0.05, 0.1) is 6.20 Å². The van der Waals surface area contributed by atoms with E-state index in [-0.39, 0.29) is 11.7 Å². The molecule has 0 spiro atoms. The summed E-state index contributed by atoms with van der Waals surface area (Å²) in [7, 11) is 0. The minimum Gasteiger partial charge on any atom is -0.337 e. The Hall–Kier alpha value is -2.18. The van der Waals surface area contributed by atoms with Crippen LogP contribution in [0.2, 0.25) is 5.02 Å². The number of carbonyl (C=O) groups is 1. The third kappa shape index (κ3) is 4.71. The first-order valence-corrected chi connectivity index (χ1v) is 9.08. The monoisotopic (exact) mass is 376 g/mol. The van der Waals surface area contributed by atoms with Gasteiger partial charge in [-0.25, -0.2) is 4.39 Å². The Labute approximate surface area is 157 Å². The smallest absolute Gasteiger partial charge is 0.246 e. The quantitative estimate of drug-likeness (QED) is 0.753. The highest BCUT2D eigenvalue weighted by Crippen LogP contribution is 2.19. The Kier molecular flexibility index (Phi) is 6.06. The zero-order valence-corrected chi connectivity index (χ0v) is 15.5. The molecule has 3 rings (SSSR count). The van der Waals surface area contributed by atoms with Crippen LogP contribution in [-0.2, 0) is 17.9 Å². The highest BCUT2D eigenvalue weighted by Gasteiger charge is 2.20. The van der Waals surface area contributed by atoms with E-state index in [9.17, 15) is 9.18 Å². The fourth-order valence-electron chi connectivity index (χ4n) is 2.93. The molecule has 0 saturated carbocycles. The van der Waals surface area contributed by atoms with E-state index in [0.29, 0.717) is 24.7 Å². The fraction of sp³-hybridized carbons (Fsp3) is 0.368. The molecule has 7 heteroatoms. The molecule has 1 aromatic heterocycles. The lowest BCUT2D eigenvalue weighted by molar-refractivity contribution is -0.127. The Morgan fingerprint density at radius 3 is 2.73 bits per heavy atom. The standard InChI is InChI=1S/C19H22ClFN4O/c1-2-25-13-15(12-22-25)3-6-19(26)24-9-7-23(8-10-24)14-16-4-5-17(21)11-18(16)20/h3-6,11-13H,2,7-10,14H2,1H3/b6-3+. The van der Waals surface area contributed by atoms with Gasteiger partial charge in [0.2, 0.25) is 5.91 Å². The normalized spacial score (nSPS) is 15.7. The molecule has 1 aliphatic heterocycles. The molecule has 1 saturated heterocycles. The molecule has 5 nitrogen and oxygen atoms in total. The van der Waals surface area contributed by atoms with Crippen LogP contribution in [0.4, 0.5) is 4.39 Å². The number of nitrogens with zero attached hydrogens (tertiary/aromatic N) is 4. The number of hydrogen-bond acceptors (Lipinski definition) is 3. The van der Waals surface area contributed by atoms with Gasteiger partial charge >= 0.3 is 0 Å². The average Bonchev–Trinajstić information content (AvgIpc) is 3.11. The summed E-state index contributed by atoms with van der Waals surface area (Å²) < 4.78 is 15.0. The first-order valence-electron chi connectivity index (χ1n) is 8.71. The van der Waals surface area contributed by atoms with Crippen molar-refractivity contribution in [3.63, 3.8) is 0 Å². The van der Waals surface area contributed by atoms with Crippen LogP contribution in [0.3, 0.4) is 0 Å². The number of aromatic nitrogens is 2. The zero-order valence-electron chi connectivity index (χ0n) is 14.7. The first-order chi connectivity index (χ1) is 12.5. The van der Waals surface area contributed by atoms with E-state index in [1.54, 1.807) is 24.4 Å². The number of benzene rings is 1. The molecule has 2 aromatic rings. The van der Waals surface area contributed by atoms with Gasteiger partial charge in [0.25, 0.3) is 0 Å². The van der Waals surface area contributed by atoms with E-state index in [1.165, 1.54) is 12.1 Å². The van der Waals surface area contributed by atoms with Crippen molar-refractivity contribution in [2.24, 2.45) is 0 Å². The number of piperazine rings is 1. The second-order valence-corrected chi connectivity index (χ2v) is 6.71. The van der Waals surface area contributed by atoms with Crippen molar-refractivity contribution in [1.29, 1.82) is 0 Å². The van der Waals surface area contributed by atoms with Crippen LogP contribution in [-0.4, -0.2) is 51.7 Å². The van der Waals surface area contributed by atoms with Crippen molar-refractivity contribution < 1.29 is 9.18 Å². The largest absolute Gasteiger partial charge is 0.337 e. The summed E-state index contributed by atoms with van der Waals surface area (Å²) in [6.45, 7) is 6.34. The molecule has 0 N–H and O–H groups in total. The van der Waals surface area contributed by atoms with Crippen molar-refractivity contribution >= 4 is 23.6 Å². The molecule has 0 unspecified atom stereocenters. The lowest BCUT2D eigenvalue weighted by Gasteiger charge is -2.34. The summed E-state index contributed by atoms with van der Waals surface area (Å²) >= 11 is 6.09. The molecule has 1 aliphatic rings. The van der Waals surface area contributed by atoms with Gasteiger partial charge in [0, 0.05) is 62.1 Å². The number of aryl methyl sites for hydroxylation is 1. The zero-order chi connectivity index (χ0) is 18.5. The van der Waals surface area contributed by atoms with Crippen LogP contribution in [0.25, 0.3) is 6.08 Å². The van der Waals surface area contributed by atoms with Crippen LogP contribution in [0, 0.1) is 5.82 Å². The molecule has 0 atom stereocenters. The van der Waals surface area contributed by atoms with E-state index in [0.717, 1.165) is 30.8 Å². The van der Waals surface area contributed by atoms with Gasteiger partial charge in [-0.2, -0.15) is 5.10 Å². The van der Waals surface area contributed by atoms with Crippen LogP contribution in [0.5, 0.6) is 0 Å². The third-order valence-corrected chi connectivity index (χ3v) is 4.84. The molecule has 1 amide bonds. The SMILES string of the molecule is CCn1cc(/C=C/C(=O)N2CCN(Cc3ccc(F)cc3Cl)CC2)cn1. The predicted octanol–water partition coefficient (Wildman–Crippen LogP) is 3.05. The molecule has 138 valence electrons. The molecule has 1 aromatic carbocycles. The number of carbonyl (C=O) groups excluding carboxylic acids is 1. The van der Waals surface area contributed by atoms with Crippen molar-refractivity contribution in [2.45, 2.75) is 20.0 Å². The Balaban J connectivity index is 1.50. The highest BCUT2D eigenvalue weighted by molar-refractivity contribution is 6.31. The molecule has 1 fully saturated rings. The molecule has 0 radical (unpaired) electrons. The topological polar surface area (TPSA) is 41.4 Å². The number of rotatable bonds is 5. The second kappa shape index (κ2) is 8.47. The maximum Gasteiger partial charge on any atom is 0.246 e. The molecule has 0 aliphatic carbocycles. The maximum atomic E-state index is 13.1. The first kappa shape index (κ1) is 18.6. The number of amides is 1. The predicted molar refractivity (Wildman–Crippen MR) is 100 cm³/mol. The number of halogens is 2. The fourth-order valence-corrected chi connectivity index (χ4v) is 3.16. The number of hydrogen-bond donors (Lipinski definition) is 0. The molecular weight excluding hydrogens is 355 g/mol. The van der Waals surface area contributed by atoms with E-state index in [4.69, 9.17) is 11.6 Å². The van der Waals surface area contributed by atoms with Crippen molar-refractivity contribution in [1.82, 2.24) is 19.6 Å². The third-order valence-electron chi connectivity index (χ3n) is 4.49. The second-order valence-electron chi connectivity index (χ2n) is 6.30. The lowest BCUT2D eigenvalue weighted by Crippen LogP contribution is -2.47. The Bertz CT molecular complexity index is 797. The summed E-state index contributed by atoms with van der Waals surface area (Å²) in [4.78, 5) is 16.4. The van der Waals surface area contributed by atoms with Gasteiger partial charge in [-0.1, -0.05) is 17.7 Å². The maximum absolute atomic E-state index is 13.1. The van der Waals surface area contributed by atoms with Gasteiger partial charge < -0.3 is 4.90 Å². The van der Waals surface area contributed by atoms with E-state index in [1.807, 2.05) is 22.7 Å². The van der Waals surface area contributed by atoms with E-state index in [2.05, 4.69) is 10.00 Å². The summed E-state index contributed by atoms with van der Waals surface area (Å²) in [5.74, 6) is -0.320. The molecule has 0 bridgehead atoms. The van der Waals surface area contributed by atoms with Crippen LogP contribution >= 0.6 is 11.6 Å². The van der Waals surface area contributed by atoms with Crippen molar-refractivity contribution in [2.75, 3.05) is 26.2 Å². The minimum atomic E-state index is -0.328. The average molecular weight is 377 g/mol. The van der Waals surface area contributed by atoms with E-state index >= 15 is 0 Å². The minimum absolute atomic E-state index is 0.00807. The van der Waals surface area contributed by atoms with Crippen molar-refractivity contribution in [3.8, 4) is 0 Å².